The number of anilines is 2. The number of rotatable bonds is 3. The van der Waals surface area contributed by atoms with E-state index in [2.05, 4.69) is 12.2 Å². The molecular weight excluding hydrogens is 264 g/mol. The summed E-state index contributed by atoms with van der Waals surface area (Å²) in [6, 6.07) is 4.81. The Morgan fingerprint density at radius 2 is 1.95 bits per heavy atom. The topological polar surface area (TPSA) is 81.4 Å². The smallest absolute Gasteiger partial charge is 0.175 e. The molecule has 1 aliphatic rings. The van der Waals surface area contributed by atoms with Crippen molar-refractivity contribution in [3.63, 3.8) is 0 Å². The van der Waals surface area contributed by atoms with E-state index in [0.29, 0.717) is 5.69 Å². The van der Waals surface area contributed by atoms with Gasteiger partial charge in [0.25, 0.3) is 0 Å². The first-order valence-electron chi connectivity index (χ1n) is 6.26. The van der Waals surface area contributed by atoms with Crippen LogP contribution in [0.5, 0.6) is 0 Å². The average Bonchev–Trinajstić information content (AvgIpc) is 2.31. The normalized spacial score (nSPS) is 19.1. The minimum absolute atomic E-state index is 0.0566. The number of nitrogens with one attached hydrogen (secondary N) is 1. The lowest BCUT2D eigenvalue weighted by Gasteiger charge is -2.35. The van der Waals surface area contributed by atoms with Crippen LogP contribution in [0.1, 0.15) is 19.8 Å². The highest BCUT2D eigenvalue weighted by Gasteiger charge is 2.27. The lowest BCUT2D eigenvalue weighted by molar-refractivity contribution is 0.0658. The molecule has 0 aromatic heterocycles. The van der Waals surface area contributed by atoms with Crippen molar-refractivity contribution in [1.82, 2.24) is 0 Å². The molecule has 19 heavy (non-hydrogen) atoms. The third-order valence-electron chi connectivity index (χ3n) is 3.48. The van der Waals surface area contributed by atoms with E-state index in [1.807, 2.05) is 0 Å². The van der Waals surface area contributed by atoms with Crippen LogP contribution in [0.15, 0.2) is 23.1 Å². The maximum atomic E-state index is 11.5. The van der Waals surface area contributed by atoms with Crippen molar-refractivity contribution >= 4 is 21.2 Å². The number of sulfone groups is 1. The molecule has 0 atom stereocenters. The van der Waals surface area contributed by atoms with Crippen molar-refractivity contribution in [2.45, 2.75) is 30.2 Å². The van der Waals surface area contributed by atoms with Gasteiger partial charge < -0.3 is 15.8 Å². The summed E-state index contributed by atoms with van der Waals surface area (Å²) in [6.45, 7) is 3.58. The minimum atomic E-state index is -3.22. The van der Waals surface area contributed by atoms with Crippen LogP contribution in [-0.4, -0.2) is 33.4 Å². The fraction of sp³-hybridized carbons (Fsp3) is 0.538. The second kappa shape index (κ2) is 5.02. The van der Waals surface area contributed by atoms with Crippen LogP contribution in [0.25, 0.3) is 0 Å². The van der Waals surface area contributed by atoms with E-state index in [0.717, 1.165) is 31.7 Å². The van der Waals surface area contributed by atoms with Crippen LogP contribution in [0.2, 0.25) is 0 Å². The maximum absolute atomic E-state index is 11.5. The molecule has 2 rings (SSSR count). The predicted octanol–water partition coefficient (Wildman–Crippen LogP) is 1.65. The first kappa shape index (κ1) is 14.1. The molecule has 0 spiro atoms. The van der Waals surface area contributed by atoms with Crippen molar-refractivity contribution in [2.24, 2.45) is 0 Å². The largest absolute Gasteiger partial charge is 0.397 e. The molecule has 1 fully saturated rings. The van der Waals surface area contributed by atoms with E-state index in [4.69, 9.17) is 10.5 Å². The molecule has 1 saturated heterocycles. The van der Waals surface area contributed by atoms with Crippen molar-refractivity contribution in [3.05, 3.63) is 18.2 Å². The summed E-state index contributed by atoms with van der Waals surface area (Å²) < 4.78 is 28.3. The van der Waals surface area contributed by atoms with Crippen LogP contribution < -0.4 is 11.1 Å². The number of ether oxygens (including phenoxy) is 1. The molecule has 0 saturated carbocycles. The standard InChI is InChI=1S/C13H20N2O3S/c1-13(5-7-18-8-6-13)15-12-4-3-10(9-11(12)14)19(2,16)17/h3-4,9,15H,5-8,14H2,1-2H3. The Morgan fingerprint density at radius 1 is 1.32 bits per heavy atom. The molecule has 6 heteroatoms. The molecule has 0 aliphatic carbocycles. The summed E-state index contributed by atoms with van der Waals surface area (Å²) in [7, 11) is -3.22. The zero-order valence-corrected chi connectivity index (χ0v) is 12.1. The molecule has 0 amide bonds. The van der Waals surface area contributed by atoms with E-state index in [9.17, 15) is 8.42 Å². The Kier molecular flexibility index (Phi) is 3.73. The molecule has 1 heterocycles. The molecule has 1 aromatic carbocycles. The second-order valence-corrected chi connectivity index (χ2v) is 7.33. The zero-order valence-electron chi connectivity index (χ0n) is 11.3. The van der Waals surface area contributed by atoms with Gasteiger partial charge in [0.2, 0.25) is 0 Å². The van der Waals surface area contributed by atoms with Gasteiger partial charge in [0, 0.05) is 25.0 Å². The van der Waals surface area contributed by atoms with Crippen molar-refractivity contribution < 1.29 is 13.2 Å². The lowest BCUT2D eigenvalue weighted by atomic mass is 9.92. The monoisotopic (exact) mass is 284 g/mol. The van der Waals surface area contributed by atoms with Crippen LogP contribution in [0.3, 0.4) is 0 Å². The molecule has 3 N–H and O–H groups in total. The van der Waals surface area contributed by atoms with Gasteiger partial charge in [0.1, 0.15) is 0 Å². The van der Waals surface area contributed by atoms with E-state index < -0.39 is 9.84 Å². The summed E-state index contributed by atoms with van der Waals surface area (Å²) >= 11 is 0. The average molecular weight is 284 g/mol. The summed E-state index contributed by atoms with van der Waals surface area (Å²) in [6.07, 6.45) is 2.98. The lowest BCUT2D eigenvalue weighted by Crippen LogP contribution is -2.40. The SMILES string of the molecule is CC1(Nc2ccc(S(C)(=O)=O)cc2N)CCOCC1. The highest BCUT2D eigenvalue weighted by Crippen LogP contribution is 2.30. The van der Waals surface area contributed by atoms with E-state index in [1.54, 1.807) is 12.1 Å². The van der Waals surface area contributed by atoms with Crippen LogP contribution in [0.4, 0.5) is 11.4 Å². The van der Waals surface area contributed by atoms with Crippen LogP contribution in [-0.2, 0) is 14.6 Å². The summed E-state index contributed by atoms with van der Waals surface area (Å²) in [5.41, 5.74) is 7.11. The number of nitrogen functional groups attached to an aromatic ring is 1. The van der Waals surface area contributed by atoms with Gasteiger partial charge in [-0.25, -0.2) is 8.42 Å². The Hall–Kier alpha value is -1.27. The maximum Gasteiger partial charge on any atom is 0.175 e. The van der Waals surface area contributed by atoms with Gasteiger partial charge in [-0.15, -0.1) is 0 Å². The minimum Gasteiger partial charge on any atom is -0.397 e. The second-order valence-electron chi connectivity index (χ2n) is 5.32. The first-order valence-corrected chi connectivity index (χ1v) is 8.15. The van der Waals surface area contributed by atoms with Gasteiger partial charge in [-0.3, -0.25) is 0 Å². The van der Waals surface area contributed by atoms with Gasteiger partial charge in [-0.05, 0) is 38.0 Å². The summed E-state index contributed by atoms with van der Waals surface area (Å²) in [5, 5.41) is 3.40. The van der Waals surface area contributed by atoms with Gasteiger partial charge >= 0.3 is 0 Å². The number of hydrogen-bond acceptors (Lipinski definition) is 5. The Balaban J connectivity index is 2.22. The summed E-state index contributed by atoms with van der Waals surface area (Å²) in [4.78, 5) is 0.243. The molecule has 0 radical (unpaired) electrons. The van der Waals surface area contributed by atoms with Crippen molar-refractivity contribution in [1.29, 1.82) is 0 Å². The van der Waals surface area contributed by atoms with Gasteiger partial charge in [0.15, 0.2) is 9.84 Å². The summed E-state index contributed by atoms with van der Waals surface area (Å²) in [5.74, 6) is 0. The Bertz CT molecular complexity index is 563. The highest BCUT2D eigenvalue weighted by molar-refractivity contribution is 7.90. The Labute approximate surface area is 114 Å². The van der Waals surface area contributed by atoms with Gasteiger partial charge in [-0.2, -0.15) is 0 Å². The van der Waals surface area contributed by atoms with E-state index >= 15 is 0 Å². The number of hydrogen-bond donors (Lipinski definition) is 2. The van der Waals surface area contributed by atoms with Gasteiger partial charge in [-0.1, -0.05) is 0 Å². The predicted molar refractivity (Wildman–Crippen MR) is 76.0 cm³/mol. The first-order chi connectivity index (χ1) is 8.80. The fourth-order valence-corrected chi connectivity index (χ4v) is 2.81. The van der Waals surface area contributed by atoms with Crippen LogP contribution >= 0.6 is 0 Å². The van der Waals surface area contributed by atoms with E-state index in [1.165, 1.54) is 12.3 Å². The molecule has 1 aromatic rings. The van der Waals surface area contributed by atoms with E-state index in [-0.39, 0.29) is 10.4 Å². The van der Waals surface area contributed by atoms with Crippen molar-refractivity contribution in [2.75, 3.05) is 30.5 Å². The Morgan fingerprint density at radius 3 is 2.47 bits per heavy atom. The molecular formula is C13H20N2O3S. The third kappa shape index (κ3) is 3.39. The highest BCUT2D eigenvalue weighted by atomic mass is 32.2. The van der Waals surface area contributed by atoms with Gasteiger partial charge in [0.05, 0.1) is 16.3 Å². The number of nitrogens with two attached hydrogens (primary N) is 1. The quantitative estimate of drug-likeness (QED) is 0.825. The molecule has 1 aliphatic heterocycles. The molecule has 106 valence electrons. The third-order valence-corrected chi connectivity index (χ3v) is 4.59. The van der Waals surface area contributed by atoms with Crippen LogP contribution in [0, 0.1) is 0 Å². The number of benzene rings is 1. The molecule has 0 unspecified atom stereocenters. The fourth-order valence-electron chi connectivity index (χ4n) is 2.16. The molecule has 0 bridgehead atoms. The zero-order chi connectivity index (χ0) is 14.1. The van der Waals surface area contributed by atoms with Crippen molar-refractivity contribution in [3.8, 4) is 0 Å². The molecule has 5 nitrogen and oxygen atoms in total.